The normalized spacial score (nSPS) is 11.6. The Kier molecular flexibility index (Phi) is 2.98. The lowest BCUT2D eigenvalue weighted by Crippen LogP contribution is -2.09. The zero-order valence-electron chi connectivity index (χ0n) is 9.51. The second kappa shape index (κ2) is 4.33. The third-order valence-electron chi connectivity index (χ3n) is 2.50. The first-order chi connectivity index (χ1) is 8.38. The maximum atomic E-state index is 12.8. The molecule has 0 unspecified atom stereocenters. The molecule has 1 aromatic heterocycles. The molecule has 0 aliphatic heterocycles. The molecule has 0 aliphatic carbocycles. The number of aromatic amines is 1. The fraction of sp³-hybridized carbons (Fsp3) is 0.154. The van der Waals surface area contributed by atoms with Crippen LogP contribution >= 0.6 is 0 Å². The smallest absolute Gasteiger partial charge is 0.358 e. The summed E-state index contributed by atoms with van der Waals surface area (Å²) in [5, 5.41) is 0. The van der Waals surface area contributed by atoms with E-state index in [9.17, 15) is 18.0 Å². The van der Waals surface area contributed by atoms with Crippen molar-refractivity contribution in [1.29, 1.82) is 0 Å². The molecule has 0 saturated carbocycles. The molecule has 0 fully saturated rings. The van der Waals surface area contributed by atoms with Crippen LogP contribution in [0.3, 0.4) is 0 Å². The van der Waals surface area contributed by atoms with E-state index >= 15 is 0 Å². The van der Waals surface area contributed by atoms with Crippen molar-refractivity contribution in [1.82, 2.24) is 4.98 Å². The standard InChI is InChI=1S/C13H10F3NO/c1-8-6-9(18)7-12(17-8)10-4-2-3-5-11(10)13(14,15)16/h2-7H,1H3,(H,17,18). The van der Waals surface area contributed by atoms with E-state index in [1.54, 1.807) is 6.92 Å². The predicted octanol–water partition coefficient (Wildman–Crippen LogP) is 3.37. The molecule has 1 N–H and O–H groups in total. The van der Waals surface area contributed by atoms with E-state index in [0.29, 0.717) is 5.69 Å². The van der Waals surface area contributed by atoms with Crippen LogP contribution in [0.15, 0.2) is 41.2 Å². The zero-order valence-corrected chi connectivity index (χ0v) is 9.51. The molecule has 0 saturated heterocycles. The van der Waals surface area contributed by atoms with Crippen molar-refractivity contribution in [2.24, 2.45) is 0 Å². The summed E-state index contributed by atoms with van der Waals surface area (Å²) in [6, 6.07) is 7.66. The third kappa shape index (κ3) is 2.45. The Hall–Kier alpha value is -2.04. The number of rotatable bonds is 1. The van der Waals surface area contributed by atoms with Crippen LogP contribution in [-0.2, 0) is 6.18 Å². The molecule has 18 heavy (non-hydrogen) atoms. The monoisotopic (exact) mass is 253 g/mol. The second-order valence-corrected chi connectivity index (χ2v) is 3.96. The molecule has 0 spiro atoms. The van der Waals surface area contributed by atoms with Gasteiger partial charge in [-0.05, 0) is 13.0 Å². The van der Waals surface area contributed by atoms with Gasteiger partial charge in [0, 0.05) is 23.4 Å². The number of aryl methyl sites for hydroxylation is 1. The summed E-state index contributed by atoms with van der Waals surface area (Å²) in [7, 11) is 0. The first kappa shape index (κ1) is 12.4. The van der Waals surface area contributed by atoms with Gasteiger partial charge in [-0.1, -0.05) is 18.2 Å². The molecule has 0 radical (unpaired) electrons. The Bertz CT molecular complexity index is 629. The molecular formula is C13H10F3NO. The van der Waals surface area contributed by atoms with Gasteiger partial charge in [-0.25, -0.2) is 0 Å². The van der Waals surface area contributed by atoms with Gasteiger partial charge >= 0.3 is 6.18 Å². The van der Waals surface area contributed by atoms with Crippen molar-refractivity contribution in [3.63, 3.8) is 0 Å². The summed E-state index contributed by atoms with van der Waals surface area (Å²) in [6.07, 6.45) is -4.45. The fourth-order valence-corrected chi connectivity index (χ4v) is 1.79. The number of hydrogen-bond donors (Lipinski definition) is 1. The van der Waals surface area contributed by atoms with Gasteiger partial charge in [0.1, 0.15) is 0 Å². The average Bonchev–Trinajstić information content (AvgIpc) is 2.26. The quantitative estimate of drug-likeness (QED) is 0.830. The lowest BCUT2D eigenvalue weighted by Gasteiger charge is -2.12. The Labute approximate surface area is 101 Å². The number of aromatic nitrogens is 1. The molecule has 5 heteroatoms. The Morgan fingerprint density at radius 1 is 1.11 bits per heavy atom. The number of benzene rings is 1. The highest BCUT2D eigenvalue weighted by Gasteiger charge is 2.33. The van der Waals surface area contributed by atoms with Crippen molar-refractivity contribution >= 4 is 0 Å². The Morgan fingerprint density at radius 3 is 2.39 bits per heavy atom. The number of H-pyrrole nitrogens is 1. The Balaban J connectivity index is 2.68. The van der Waals surface area contributed by atoms with Gasteiger partial charge in [-0.2, -0.15) is 13.2 Å². The lowest BCUT2D eigenvalue weighted by molar-refractivity contribution is -0.137. The van der Waals surface area contributed by atoms with E-state index in [1.165, 1.54) is 24.3 Å². The van der Waals surface area contributed by atoms with Crippen LogP contribution in [0, 0.1) is 6.92 Å². The van der Waals surface area contributed by atoms with Crippen LogP contribution in [-0.4, -0.2) is 4.98 Å². The van der Waals surface area contributed by atoms with E-state index in [0.717, 1.165) is 12.1 Å². The lowest BCUT2D eigenvalue weighted by atomic mass is 10.0. The highest BCUT2D eigenvalue weighted by molar-refractivity contribution is 5.64. The molecule has 94 valence electrons. The van der Waals surface area contributed by atoms with Gasteiger partial charge < -0.3 is 4.98 Å². The second-order valence-electron chi connectivity index (χ2n) is 3.96. The molecule has 0 bridgehead atoms. The van der Waals surface area contributed by atoms with E-state index in [1.807, 2.05) is 0 Å². The molecule has 1 heterocycles. The molecule has 0 atom stereocenters. The highest BCUT2D eigenvalue weighted by Crippen LogP contribution is 2.35. The number of hydrogen-bond acceptors (Lipinski definition) is 1. The van der Waals surface area contributed by atoms with E-state index in [-0.39, 0.29) is 16.7 Å². The summed E-state index contributed by atoms with van der Waals surface area (Å²) in [6.45, 7) is 1.63. The SMILES string of the molecule is Cc1cc(=O)cc(-c2ccccc2C(F)(F)F)[nH]1. The minimum atomic E-state index is -4.45. The van der Waals surface area contributed by atoms with Gasteiger partial charge in [-0.15, -0.1) is 0 Å². The molecular weight excluding hydrogens is 243 g/mol. The van der Waals surface area contributed by atoms with Gasteiger partial charge in [0.2, 0.25) is 0 Å². The predicted molar refractivity (Wildman–Crippen MR) is 62.2 cm³/mol. The maximum absolute atomic E-state index is 12.8. The number of pyridine rings is 1. The molecule has 0 aliphatic rings. The van der Waals surface area contributed by atoms with Gasteiger partial charge in [0.25, 0.3) is 0 Å². The summed E-state index contributed by atoms with van der Waals surface area (Å²) < 4.78 is 38.5. The van der Waals surface area contributed by atoms with Crippen LogP contribution in [0.1, 0.15) is 11.3 Å². The molecule has 2 aromatic rings. The fourth-order valence-electron chi connectivity index (χ4n) is 1.79. The molecule has 1 aromatic carbocycles. The van der Waals surface area contributed by atoms with E-state index in [4.69, 9.17) is 0 Å². The summed E-state index contributed by atoms with van der Waals surface area (Å²) in [5.74, 6) is 0. The van der Waals surface area contributed by atoms with Crippen molar-refractivity contribution < 1.29 is 13.2 Å². The minimum Gasteiger partial charge on any atom is -0.358 e. The number of halogens is 3. The minimum absolute atomic E-state index is 0.0224. The van der Waals surface area contributed by atoms with Gasteiger partial charge in [0.05, 0.1) is 11.3 Å². The van der Waals surface area contributed by atoms with Crippen LogP contribution in [0.4, 0.5) is 13.2 Å². The first-order valence-corrected chi connectivity index (χ1v) is 5.25. The van der Waals surface area contributed by atoms with Crippen molar-refractivity contribution in [2.45, 2.75) is 13.1 Å². The van der Waals surface area contributed by atoms with Crippen LogP contribution in [0.2, 0.25) is 0 Å². The highest BCUT2D eigenvalue weighted by atomic mass is 19.4. The van der Waals surface area contributed by atoms with E-state index in [2.05, 4.69) is 4.98 Å². The maximum Gasteiger partial charge on any atom is 0.417 e. The zero-order chi connectivity index (χ0) is 13.3. The largest absolute Gasteiger partial charge is 0.417 e. The van der Waals surface area contributed by atoms with Crippen LogP contribution in [0.25, 0.3) is 11.3 Å². The van der Waals surface area contributed by atoms with Crippen molar-refractivity contribution in [3.8, 4) is 11.3 Å². The summed E-state index contributed by atoms with van der Waals surface area (Å²) in [4.78, 5) is 14.1. The molecule has 2 nitrogen and oxygen atoms in total. The van der Waals surface area contributed by atoms with Crippen molar-refractivity contribution in [2.75, 3.05) is 0 Å². The van der Waals surface area contributed by atoms with Gasteiger partial charge in [0.15, 0.2) is 5.43 Å². The molecule has 0 amide bonds. The summed E-state index contributed by atoms with van der Waals surface area (Å²) in [5.41, 5.74) is -0.405. The van der Waals surface area contributed by atoms with E-state index < -0.39 is 11.7 Å². The third-order valence-corrected chi connectivity index (χ3v) is 2.50. The summed E-state index contributed by atoms with van der Waals surface area (Å²) >= 11 is 0. The van der Waals surface area contributed by atoms with Crippen LogP contribution < -0.4 is 5.43 Å². The number of alkyl halides is 3. The topological polar surface area (TPSA) is 32.9 Å². The average molecular weight is 253 g/mol. The first-order valence-electron chi connectivity index (χ1n) is 5.25. The van der Waals surface area contributed by atoms with Crippen molar-refractivity contribution in [3.05, 3.63) is 57.9 Å². The van der Waals surface area contributed by atoms with Crippen LogP contribution in [0.5, 0.6) is 0 Å². The Morgan fingerprint density at radius 2 is 1.78 bits per heavy atom. The number of nitrogens with one attached hydrogen (secondary N) is 1. The molecule has 2 rings (SSSR count). The van der Waals surface area contributed by atoms with Gasteiger partial charge in [-0.3, -0.25) is 4.79 Å².